The Morgan fingerprint density at radius 3 is 2.73 bits per heavy atom. The fraction of sp³-hybridized carbons (Fsp3) is 0.818. The van der Waals surface area contributed by atoms with E-state index >= 15 is 0 Å². The lowest BCUT2D eigenvalue weighted by Gasteiger charge is -2.36. The van der Waals surface area contributed by atoms with Crippen LogP contribution < -0.4 is 11.2 Å². The van der Waals surface area contributed by atoms with Crippen LogP contribution in [0.1, 0.15) is 33.6 Å². The summed E-state index contributed by atoms with van der Waals surface area (Å²) in [4.78, 5) is 0. The Kier molecular flexibility index (Phi) is 2.49. The van der Waals surface area contributed by atoms with Gasteiger partial charge in [-0.25, -0.2) is 0 Å². The molecule has 2 saturated carbocycles. The Labute approximate surface area is 96.5 Å². The number of hydrogen-bond donors (Lipinski definition) is 2. The molecule has 0 aromatic carbocycles. The third-order valence-electron chi connectivity index (χ3n) is 4.56. The first-order valence-corrected chi connectivity index (χ1v) is 5.95. The van der Waals surface area contributed by atoms with Gasteiger partial charge in [0.15, 0.2) is 5.11 Å². The van der Waals surface area contributed by atoms with E-state index in [2.05, 4.69) is 31.3 Å². The highest BCUT2D eigenvalue weighted by molar-refractivity contribution is 7.80. The van der Waals surface area contributed by atoms with Crippen molar-refractivity contribution in [2.75, 3.05) is 0 Å². The molecule has 0 aliphatic heterocycles. The summed E-state index contributed by atoms with van der Waals surface area (Å²) < 4.78 is 0. The molecule has 3 nitrogen and oxygen atoms in total. The van der Waals surface area contributed by atoms with E-state index in [9.17, 15) is 0 Å². The quantitative estimate of drug-likeness (QED) is 0.529. The highest BCUT2D eigenvalue weighted by Gasteiger charge is 2.53. The summed E-state index contributed by atoms with van der Waals surface area (Å²) in [6, 6.07) is 0. The fourth-order valence-electron chi connectivity index (χ4n) is 3.13. The Morgan fingerprint density at radius 1 is 1.60 bits per heavy atom. The first-order chi connectivity index (χ1) is 6.93. The molecular formula is C11H19N3S. The van der Waals surface area contributed by atoms with Gasteiger partial charge in [0, 0.05) is 11.6 Å². The Hall–Kier alpha value is -0.640. The van der Waals surface area contributed by atoms with Crippen molar-refractivity contribution in [1.29, 1.82) is 0 Å². The number of hydrazone groups is 1. The van der Waals surface area contributed by atoms with Crippen molar-refractivity contribution >= 4 is 23.0 Å². The van der Waals surface area contributed by atoms with Crippen LogP contribution >= 0.6 is 12.2 Å². The molecule has 4 heteroatoms. The Balaban J connectivity index is 2.12. The first-order valence-electron chi connectivity index (χ1n) is 5.55. The van der Waals surface area contributed by atoms with Gasteiger partial charge < -0.3 is 5.73 Å². The minimum atomic E-state index is 0.261. The van der Waals surface area contributed by atoms with Crippen molar-refractivity contribution in [2.24, 2.45) is 34.0 Å². The summed E-state index contributed by atoms with van der Waals surface area (Å²) in [5.74, 6) is 2.12. The molecule has 2 aliphatic carbocycles. The number of thiocarbonyl (C=S) groups is 1. The molecule has 2 fully saturated rings. The molecule has 3 N–H and O–H groups in total. The summed E-state index contributed by atoms with van der Waals surface area (Å²) in [5, 5.41) is 4.58. The van der Waals surface area contributed by atoms with Crippen LogP contribution in [0.25, 0.3) is 0 Å². The molecule has 0 saturated heterocycles. The molecule has 0 aromatic heterocycles. The van der Waals surface area contributed by atoms with Gasteiger partial charge in [-0.2, -0.15) is 5.10 Å². The second-order valence-corrected chi connectivity index (χ2v) is 5.87. The van der Waals surface area contributed by atoms with E-state index in [-0.39, 0.29) is 5.11 Å². The maximum absolute atomic E-state index is 5.37. The molecule has 2 aliphatic rings. The van der Waals surface area contributed by atoms with Gasteiger partial charge in [-0.15, -0.1) is 0 Å². The van der Waals surface area contributed by atoms with Gasteiger partial charge in [-0.1, -0.05) is 20.8 Å². The lowest BCUT2D eigenvalue weighted by molar-refractivity contribution is 0.182. The highest BCUT2D eigenvalue weighted by atomic mass is 32.1. The van der Waals surface area contributed by atoms with E-state index in [0.717, 1.165) is 12.3 Å². The van der Waals surface area contributed by atoms with Crippen LogP contribution in [-0.4, -0.2) is 10.8 Å². The van der Waals surface area contributed by atoms with Crippen LogP contribution in [0.4, 0.5) is 0 Å². The number of rotatable bonds is 1. The maximum Gasteiger partial charge on any atom is 0.184 e. The van der Waals surface area contributed by atoms with Gasteiger partial charge >= 0.3 is 0 Å². The number of nitrogens with one attached hydrogen (secondary N) is 1. The largest absolute Gasteiger partial charge is 0.375 e. The molecule has 0 heterocycles. The fourth-order valence-corrected chi connectivity index (χ4v) is 3.18. The van der Waals surface area contributed by atoms with Crippen molar-refractivity contribution in [1.82, 2.24) is 5.43 Å². The Bertz CT molecular complexity index is 318. The average molecular weight is 225 g/mol. The van der Waals surface area contributed by atoms with Gasteiger partial charge in [0.25, 0.3) is 0 Å². The van der Waals surface area contributed by atoms with Gasteiger partial charge in [0.1, 0.15) is 0 Å². The molecule has 84 valence electrons. The molecular weight excluding hydrogens is 206 g/mol. The summed E-state index contributed by atoms with van der Waals surface area (Å²) in [6.07, 6.45) is 2.39. The molecule has 2 bridgehead atoms. The zero-order valence-corrected chi connectivity index (χ0v) is 10.4. The zero-order chi connectivity index (χ0) is 11.2. The van der Waals surface area contributed by atoms with E-state index in [1.54, 1.807) is 0 Å². The number of nitrogens with two attached hydrogens (primary N) is 1. The van der Waals surface area contributed by atoms with Crippen molar-refractivity contribution in [2.45, 2.75) is 33.6 Å². The average Bonchev–Trinajstić information content (AvgIpc) is 2.64. The third kappa shape index (κ3) is 1.65. The molecule has 3 atom stereocenters. The number of fused-ring (bicyclic) bond motifs is 2. The molecule has 2 rings (SSSR count). The Morgan fingerprint density at radius 2 is 2.27 bits per heavy atom. The van der Waals surface area contributed by atoms with Gasteiger partial charge in [-0.3, -0.25) is 5.43 Å². The van der Waals surface area contributed by atoms with Gasteiger partial charge in [0.2, 0.25) is 0 Å². The van der Waals surface area contributed by atoms with Crippen LogP contribution in [0.15, 0.2) is 5.10 Å². The minimum Gasteiger partial charge on any atom is -0.375 e. The predicted molar refractivity (Wildman–Crippen MR) is 66.5 cm³/mol. The molecule has 0 radical (unpaired) electrons. The smallest absolute Gasteiger partial charge is 0.184 e. The van der Waals surface area contributed by atoms with Crippen molar-refractivity contribution in [3.63, 3.8) is 0 Å². The summed E-state index contributed by atoms with van der Waals surface area (Å²) in [7, 11) is 0. The van der Waals surface area contributed by atoms with Crippen LogP contribution in [0.2, 0.25) is 0 Å². The lowest BCUT2D eigenvalue weighted by Crippen LogP contribution is -2.35. The minimum absolute atomic E-state index is 0.261. The second kappa shape index (κ2) is 3.44. The van der Waals surface area contributed by atoms with Gasteiger partial charge in [-0.05, 0) is 42.3 Å². The van der Waals surface area contributed by atoms with E-state index in [1.165, 1.54) is 12.1 Å². The van der Waals surface area contributed by atoms with Gasteiger partial charge in [0.05, 0.1) is 0 Å². The summed E-state index contributed by atoms with van der Waals surface area (Å²) in [5.41, 5.74) is 9.82. The standard InChI is InChI=1S/C11H19N3S/c1-6-8-4-7(11(6,2)3)5-9(8)13-14-10(12)15/h6-8H,4-5H2,1-3H3,(H3,12,14,15)/b13-9-/t6-,7+,8-/m1/s1. The SMILES string of the molecule is C[C@@H]1[C@H]2C[C@@H](C/C2=N/NC(N)=S)C1(C)C. The monoisotopic (exact) mass is 225 g/mol. The first kappa shape index (κ1) is 10.9. The maximum atomic E-state index is 5.37. The number of hydrogen-bond acceptors (Lipinski definition) is 2. The normalized spacial score (nSPS) is 39.7. The molecule has 15 heavy (non-hydrogen) atoms. The second-order valence-electron chi connectivity index (χ2n) is 5.43. The zero-order valence-electron chi connectivity index (χ0n) is 9.58. The highest BCUT2D eigenvalue weighted by Crippen LogP contribution is 2.57. The van der Waals surface area contributed by atoms with Crippen LogP contribution in [0.5, 0.6) is 0 Å². The van der Waals surface area contributed by atoms with E-state index < -0.39 is 0 Å². The molecule has 0 spiro atoms. The topological polar surface area (TPSA) is 50.4 Å². The van der Waals surface area contributed by atoms with Crippen LogP contribution in [-0.2, 0) is 0 Å². The number of nitrogens with zero attached hydrogens (tertiary/aromatic N) is 1. The van der Waals surface area contributed by atoms with Crippen molar-refractivity contribution in [3.8, 4) is 0 Å². The van der Waals surface area contributed by atoms with E-state index in [4.69, 9.17) is 18.0 Å². The third-order valence-corrected chi connectivity index (χ3v) is 4.65. The van der Waals surface area contributed by atoms with Crippen LogP contribution in [0, 0.1) is 23.2 Å². The molecule has 0 unspecified atom stereocenters. The summed E-state index contributed by atoms with van der Waals surface area (Å²) in [6.45, 7) is 7.08. The predicted octanol–water partition coefficient (Wildman–Crippen LogP) is 1.88. The lowest BCUT2D eigenvalue weighted by atomic mass is 9.69. The summed E-state index contributed by atoms with van der Waals surface area (Å²) >= 11 is 4.75. The molecule has 0 aromatic rings. The van der Waals surface area contributed by atoms with Crippen molar-refractivity contribution < 1.29 is 0 Å². The van der Waals surface area contributed by atoms with Crippen molar-refractivity contribution in [3.05, 3.63) is 0 Å². The molecule has 0 amide bonds. The van der Waals surface area contributed by atoms with Crippen LogP contribution in [0.3, 0.4) is 0 Å². The van der Waals surface area contributed by atoms with E-state index in [1.807, 2.05) is 0 Å². The van der Waals surface area contributed by atoms with E-state index in [0.29, 0.717) is 17.3 Å².